The number of ether oxygens (including phenoxy) is 1. The fourth-order valence-corrected chi connectivity index (χ4v) is 1.86. The van der Waals surface area contributed by atoms with E-state index in [1.165, 1.54) is 7.11 Å². The van der Waals surface area contributed by atoms with Gasteiger partial charge < -0.3 is 9.57 Å². The zero-order chi connectivity index (χ0) is 13.5. The Bertz CT molecular complexity index is 553. The maximum Gasteiger partial charge on any atom is 0.136 e. The van der Waals surface area contributed by atoms with Gasteiger partial charge in [0, 0.05) is 18.9 Å². The fourth-order valence-electron chi connectivity index (χ4n) is 1.86. The topological polar surface area (TPSA) is 43.7 Å². The van der Waals surface area contributed by atoms with Crippen LogP contribution in [0, 0.1) is 0 Å². The van der Waals surface area contributed by atoms with E-state index in [1.807, 2.05) is 42.5 Å². The minimum absolute atomic E-state index is 0.520. The van der Waals surface area contributed by atoms with Crippen LogP contribution in [-0.2, 0) is 16.2 Å². The molecule has 0 aliphatic rings. The van der Waals surface area contributed by atoms with Gasteiger partial charge in [-0.05, 0) is 17.7 Å². The highest BCUT2D eigenvalue weighted by Gasteiger charge is 2.13. The van der Waals surface area contributed by atoms with E-state index < -0.39 is 0 Å². The normalized spacial score (nSPS) is 11.4. The highest BCUT2D eigenvalue weighted by Crippen LogP contribution is 2.15. The van der Waals surface area contributed by atoms with E-state index in [-0.39, 0.29) is 0 Å². The highest BCUT2D eigenvalue weighted by molar-refractivity contribution is 6.12. The molecule has 0 aliphatic heterocycles. The van der Waals surface area contributed by atoms with Crippen molar-refractivity contribution in [3.8, 4) is 0 Å². The number of rotatable bonds is 5. The van der Waals surface area contributed by atoms with Crippen LogP contribution in [0.4, 0.5) is 0 Å². The largest absolute Gasteiger partial charge is 0.399 e. The van der Waals surface area contributed by atoms with Gasteiger partial charge in [-0.25, -0.2) is 0 Å². The standard InChI is InChI=1S/C15H16N2O2/c1-18-11-12-7-3-4-8-13(12)15(17-19-2)14-9-5-6-10-16-14/h3-10H,11H2,1-2H3/b17-15+. The van der Waals surface area contributed by atoms with E-state index in [4.69, 9.17) is 9.57 Å². The summed E-state index contributed by atoms with van der Waals surface area (Å²) in [6.45, 7) is 0.520. The molecule has 0 fully saturated rings. The zero-order valence-corrected chi connectivity index (χ0v) is 11.0. The van der Waals surface area contributed by atoms with Crippen molar-refractivity contribution in [2.45, 2.75) is 6.61 Å². The van der Waals surface area contributed by atoms with Crippen LogP contribution in [0.5, 0.6) is 0 Å². The highest BCUT2D eigenvalue weighted by atomic mass is 16.6. The summed E-state index contributed by atoms with van der Waals surface area (Å²) in [5, 5.41) is 4.11. The van der Waals surface area contributed by atoms with Gasteiger partial charge in [-0.3, -0.25) is 4.98 Å². The summed E-state index contributed by atoms with van der Waals surface area (Å²) in [5.74, 6) is 0. The van der Waals surface area contributed by atoms with Crippen LogP contribution < -0.4 is 0 Å². The van der Waals surface area contributed by atoms with Gasteiger partial charge >= 0.3 is 0 Å². The summed E-state index contributed by atoms with van der Waals surface area (Å²) in [5.41, 5.74) is 3.49. The molecule has 1 aromatic heterocycles. The number of hydrogen-bond donors (Lipinski definition) is 0. The summed E-state index contributed by atoms with van der Waals surface area (Å²) in [4.78, 5) is 9.28. The van der Waals surface area contributed by atoms with Gasteiger partial charge in [-0.15, -0.1) is 0 Å². The van der Waals surface area contributed by atoms with Gasteiger partial charge in [0.1, 0.15) is 12.8 Å². The minimum atomic E-state index is 0.520. The van der Waals surface area contributed by atoms with Crippen molar-refractivity contribution >= 4 is 5.71 Å². The van der Waals surface area contributed by atoms with E-state index in [2.05, 4.69) is 10.1 Å². The van der Waals surface area contributed by atoms with Crippen molar-refractivity contribution in [2.24, 2.45) is 5.16 Å². The predicted molar refractivity (Wildman–Crippen MR) is 74.0 cm³/mol. The molecule has 0 N–H and O–H groups in total. The molecule has 0 atom stereocenters. The lowest BCUT2D eigenvalue weighted by Gasteiger charge is -2.10. The smallest absolute Gasteiger partial charge is 0.136 e. The molecule has 0 saturated carbocycles. The van der Waals surface area contributed by atoms with E-state index in [0.717, 1.165) is 16.8 Å². The van der Waals surface area contributed by atoms with Gasteiger partial charge in [0.2, 0.25) is 0 Å². The Labute approximate surface area is 112 Å². The molecule has 0 saturated heterocycles. The SMILES string of the molecule is COCc1ccccc1/C(=N\OC)c1ccccn1. The molecule has 4 nitrogen and oxygen atoms in total. The molecular weight excluding hydrogens is 240 g/mol. The summed E-state index contributed by atoms with van der Waals surface area (Å²) < 4.78 is 5.22. The second-order valence-corrected chi connectivity index (χ2v) is 3.93. The van der Waals surface area contributed by atoms with E-state index in [1.54, 1.807) is 13.3 Å². The lowest BCUT2D eigenvalue weighted by molar-refractivity contribution is 0.184. The minimum Gasteiger partial charge on any atom is -0.399 e. The van der Waals surface area contributed by atoms with Gasteiger partial charge in [-0.2, -0.15) is 0 Å². The van der Waals surface area contributed by atoms with Crippen molar-refractivity contribution in [1.82, 2.24) is 4.98 Å². The first kappa shape index (κ1) is 13.2. The van der Waals surface area contributed by atoms with E-state index >= 15 is 0 Å². The fraction of sp³-hybridized carbons (Fsp3) is 0.200. The molecule has 0 unspecified atom stereocenters. The quantitative estimate of drug-likeness (QED) is 0.610. The first-order chi connectivity index (χ1) is 9.36. The Morgan fingerprint density at radius 3 is 2.58 bits per heavy atom. The van der Waals surface area contributed by atoms with Crippen molar-refractivity contribution in [3.63, 3.8) is 0 Å². The van der Waals surface area contributed by atoms with Crippen LogP contribution in [0.25, 0.3) is 0 Å². The third-order valence-electron chi connectivity index (χ3n) is 2.66. The lowest BCUT2D eigenvalue weighted by atomic mass is 10.0. The molecule has 98 valence electrons. The van der Waals surface area contributed by atoms with Crippen molar-refractivity contribution in [2.75, 3.05) is 14.2 Å². The number of methoxy groups -OCH3 is 1. The van der Waals surface area contributed by atoms with Crippen molar-refractivity contribution in [3.05, 3.63) is 65.5 Å². The van der Waals surface area contributed by atoms with Crippen LogP contribution in [0.15, 0.2) is 53.8 Å². The molecule has 4 heteroatoms. The Morgan fingerprint density at radius 2 is 1.89 bits per heavy atom. The summed E-state index contributed by atoms with van der Waals surface area (Å²) in [7, 11) is 3.20. The molecule has 1 heterocycles. The number of pyridine rings is 1. The zero-order valence-electron chi connectivity index (χ0n) is 11.0. The predicted octanol–water partition coefficient (Wildman–Crippen LogP) is 2.63. The van der Waals surface area contributed by atoms with Gasteiger partial charge in [-0.1, -0.05) is 35.5 Å². The second kappa shape index (κ2) is 6.66. The second-order valence-electron chi connectivity index (χ2n) is 3.93. The average molecular weight is 256 g/mol. The molecule has 0 spiro atoms. The number of aromatic nitrogens is 1. The average Bonchev–Trinajstić information content (AvgIpc) is 2.47. The summed E-state index contributed by atoms with van der Waals surface area (Å²) in [6.07, 6.45) is 1.74. The van der Waals surface area contributed by atoms with Gasteiger partial charge in [0.25, 0.3) is 0 Å². The lowest BCUT2D eigenvalue weighted by Crippen LogP contribution is -2.09. The monoisotopic (exact) mass is 256 g/mol. The molecular formula is C15H16N2O2. The van der Waals surface area contributed by atoms with Crippen LogP contribution in [0.3, 0.4) is 0 Å². The number of oxime groups is 1. The van der Waals surface area contributed by atoms with Crippen LogP contribution in [0.2, 0.25) is 0 Å². The molecule has 2 rings (SSSR count). The first-order valence-corrected chi connectivity index (χ1v) is 5.96. The molecule has 0 radical (unpaired) electrons. The molecule has 0 bridgehead atoms. The Hall–Kier alpha value is -2.20. The molecule has 19 heavy (non-hydrogen) atoms. The number of benzene rings is 1. The molecule has 2 aromatic rings. The van der Waals surface area contributed by atoms with Gasteiger partial charge in [0.15, 0.2) is 0 Å². The third kappa shape index (κ3) is 3.17. The maximum atomic E-state index is 5.22. The van der Waals surface area contributed by atoms with Crippen molar-refractivity contribution < 1.29 is 9.57 Å². The Balaban J connectivity index is 2.49. The molecule has 0 amide bonds. The number of nitrogens with zero attached hydrogens (tertiary/aromatic N) is 2. The summed E-state index contributed by atoms with van der Waals surface area (Å²) >= 11 is 0. The van der Waals surface area contributed by atoms with E-state index in [9.17, 15) is 0 Å². The maximum absolute atomic E-state index is 5.22. The molecule has 1 aromatic carbocycles. The Morgan fingerprint density at radius 1 is 1.11 bits per heavy atom. The van der Waals surface area contributed by atoms with Crippen LogP contribution >= 0.6 is 0 Å². The van der Waals surface area contributed by atoms with Crippen LogP contribution in [-0.4, -0.2) is 24.9 Å². The van der Waals surface area contributed by atoms with Gasteiger partial charge in [0.05, 0.1) is 12.3 Å². The Kier molecular flexibility index (Phi) is 4.64. The van der Waals surface area contributed by atoms with Crippen LogP contribution in [0.1, 0.15) is 16.8 Å². The third-order valence-corrected chi connectivity index (χ3v) is 2.66. The summed E-state index contributed by atoms with van der Waals surface area (Å²) in [6, 6.07) is 13.6. The molecule has 0 aliphatic carbocycles. The first-order valence-electron chi connectivity index (χ1n) is 5.96. The number of hydrogen-bond acceptors (Lipinski definition) is 4. The van der Waals surface area contributed by atoms with Crippen molar-refractivity contribution in [1.29, 1.82) is 0 Å². The van der Waals surface area contributed by atoms with E-state index in [0.29, 0.717) is 12.3 Å².